The summed E-state index contributed by atoms with van der Waals surface area (Å²) in [5.74, 6) is 2.66. The van der Waals surface area contributed by atoms with Gasteiger partial charge < -0.3 is 34.3 Å². The topological polar surface area (TPSA) is 22.7 Å². The average Bonchev–Trinajstić information content (AvgIpc) is 3.31. The molecule has 7 aliphatic heterocycles. The molecule has 0 saturated carbocycles. The van der Waals surface area contributed by atoms with Crippen molar-refractivity contribution in [3.8, 4) is 0 Å². The van der Waals surface area contributed by atoms with E-state index in [1.165, 1.54) is 225 Å². The normalized spacial score (nSPS) is 23.8. The smallest absolute Gasteiger partial charge is 0.00696 e. The van der Waals surface area contributed by atoms with Gasteiger partial charge in [0.1, 0.15) is 0 Å². The van der Waals surface area contributed by atoms with Crippen LogP contribution in [0.3, 0.4) is 0 Å². The highest BCUT2D eigenvalue weighted by Crippen LogP contribution is 2.09. The Hall–Kier alpha value is 0.0700. The summed E-state index contributed by atoms with van der Waals surface area (Å²) in [4.78, 5) is 16.8. The van der Waals surface area contributed by atoms with E-state index >= 15 is 0 Å². The predicted octanol–water partition coefficient (Wildman–Crippen LogP) is 9.58. The molecule has 0 unspecified atom stereocenters. The predicted molar refractivity (Wildman–Crippen MR) is 248 cm³/mol. The number of hydrogen-bond donors (Lipinski definition) is 0. The van der Waals surface area contributed by atoms with E-state index in [0.717, 1.165) is 0 Å². The fraction of sp³-hybridized carbons (Fsp3) is 1.00. The molecule has 8 heteroatoms. The van der Waals surface area contributed by atoms with Crippen LogP contribution in [0.25, 0.3) is 0 Å². The van der Waals surface area contributed by atoms with Crippen molar-refractivity contribution in [3.63, 3.8) is 0 Å². The zero-order chi connectivity index (χ0) is 36.5. The first-order valence-corrected chi connectivity index (χ1v) is 22.8. The summed E-state index contributed by atoms with van der Waals surface area (Å²) in [6.45, 7) is 18.4. The Labute approximate surface area is 341 Å². The number of likely N-dealkylation sites (tertiary alicyclic amines) is 6. The van der Waals surface area contributed by atoms with E-state index < -0.39 is 0 Å². The van der Waals surface area contributed by atoms with Crippen LogP contribution in [0.5, 0.6) is 0 Å². The molecule has 7 saturated heterocycles. The maximum Gasteiger partial charge on any atom is 0.00696 e. The van der Waals surface area contributed by atoms with Gasteiger partial charge in [-0.15, -0.1) is 0 Å². The lowest BCUT2D eigenvalue weighted by molar-refractivity contribution is 0.277. The molecule has 0 aromatic carbocycles. The quantitative estimate of drug-likeness (QED) is 0.240. The number of hydrogen-bond acceptors (Lipinski definition) is 8. The van der Waals surface area contributed by atoms with Crippen molar-refractivity contribution in [2.24, 2.45) is 0 Å². The van der Waals surface area contributed by atoms with Gasteiger partial charge in [-0.05, 0) is 205 Å². The molecular weight excluding hydrogens is 671 g/mol. The van der Waals surface area contributed by atoms with Gasteiger partial charge >= 0.3 is 0 Å². The molecule has 0 bridgehead atoms. The van der Waals surface area contributed by atoms with E-state index in [9.17, 15) is 0 Å². The minimum Gasteiger partial charge on any atom is -0.306 e. The Morgan fingerprint density at radius 2 is 0.340 bits per heavy atom. The molecule has 7 fully saturated rings. The van der Waals surface area contributed by atoms with Gasteiger partial charge in [0.05, 0.1) is 0 Å². The molecule has 324 valence electrons. The molecular formula is C45H103N7S. The number of rotatable bonds is 0. The van der Waals surface area contributed by atoms with E-state index in [4.69, 9.17) is 0 Å². The van der Waals surface area contributed by atoms with Crippen molar-refractivity contribution in [1.82, 2.24) is 34.3 Å². The van der Waals surface area contributed by atoms with Crippen LogP contribution < -0.4 is 0 Å². The minimum absolute atomic E-state index is 0. The van der Waals surface area contributed by atoms with Crippen molar-refractivity contribution in [2.45, 2.75) is 144 Å². The highest BCUT2D eigenvalue weighted by Gasteiger charge is 2.06. The van der Waals surface area contributed by atoms with E-state index in [0.29, 0.717) is 0 Å². The maximum atomic E-state index is 2.42. The van der Waals surface area contributed by atoms with Crippen LogP contribution in [0.2, 0.25) is 0 Å². The van der Waals surface area contributed by atoms with Crippen molar-refractivity contribution in [2.75, 3.05) is 152 Å². The van der Waals surface area contributed by atoms with Gasteiger partial charge in [-0.3, -0.25) is 0 Å². The lowest BCUT2D eigenvalue weighted by Gasteiger charge is -2.20. The molecule has 7 aliphatic rings. The van der Waals surface area contributed by atoms with Gasteiger partial charge in [0.25, 0.3) is 0 Å². The van der Waals surface area contributed by atoms with Gasteiger partial charge in [0.2, 0.25) is 0 Å². The summed E-state index contributed by atoms with van der Waals surface area (Å²) in [7, 11) is 15.4. The first-order chi connectivity index (χ1) is 24.3. The molecule has 0 aromatic heterocycles. The Morgan fingerprint density at radius 1 is 0.208 bits per heavy atom. The molecule has 7 rings (SSSR count). The Morgan fingerprint density at radius 3 is 0.472 bits per heavy atom. The number of thioether (sulfide) groups is 1. The summed E-state index contributed by atoms with van der Waals surface area (Å²) < 4.78 is 0. The Bertz CT molecular complexity index is 574. The summed E-state index contributed by atoms with van der Waals surface area (Å²) in [6, 6.07) is 0. The first kappa shape index (κ1) is 57.4. The van der Waals surface area contributed by atoms with Crippen LogP contribution in [-0.4, -0.2) is 187 Å². The van der Waals surface area contributed by atoms with Crippen LogP contribution in [0, 0.1) is 0 Å². The standard InChI is InChI=1S/2C7H15N.3C6H13N.C5H11NS.C5H11N.3CH4/c2*1-8-6-4-2-3-5-7-8;3*1-7-5-3-2-4-6-7;1-6-2-4-7-5-3-6;1-6-4-2-3-5-6;;;/h2*2-7H2,1H3;3*2-6H2,1H3;2-5H2,1H3;2-5H2,1H3;3*1H4. The van der Waals surface area contributed by atoms with E-state index in [2.05, 4.69) is 95.4 Å². The molecule has 0 atom stereocenters. The van der Waals surface area contributed by atoms with Gasteiger partial charge in [-0.25, -0.2) is 0 Å². The SMILES string of the molecule is C.C.C.CN1CCCC1.CN1CCCCC1.CN1CCCCC1.CN1CCCCC1.CN1CCCCCC1.CN1CCCCCC1.CN1CCSCC1. The minimum atomic E-state index is 0. The Balaban J connectivity index is -0.000000546. The third-order valence-corrected chi connectivity index (χ3v) is 11.9. The van der Waals surface area contributed by atoms with Gasteiger partial charge in [0, 0.05) is 24.6 Å². The second-order valence-corrected chi connectivity index (χ2v) is 17.7. The molecule has 0 aromatic rings. The van der Waals surface area contributed by atoms with Crippen molar-refractivity contribution < 1.29 is 0 Å². The molecule has 0 aliphatic carbocycles. The van der Waals surface area contributed by atoms with Crippen molar-refractivity contribution in [3.05, 3.63) is 0 Å². The van der Waals surface area contributed by atoms with Crippen LogP contribution in [0.15, 0.2) is 0 Å². The summed E-state index contributed by atoms with van der Waals surface area (Å²) in [5, 5.41) is 0. The van der Waals surface area contributed by atoms with Gasteiger partial charge in [0.15, 0.2) is 0 Å². The van der Waals surface area contributed by atoms with Crippen LogP contribution in [-0.2, 0) is 0 Å². The largest absolute Gasteiger partial charge is 0.306 e. The van der Waals surface area contributed by atoms with Gasteiger partial charge in [-0.2, -0.15) is 11.8 Å². The summed E-state index contributed by atoms with van der Waals surface area (Å²) >= 11 is 2.06. The van der Waals surface area contributed by atoms with E-state index in [1.54, 1.807) is 0 Å². The lowest BCUT2D eigenvalue weighted by atomic mass is 10.1. The monoisotopic (exact) mass is 774 g/mol. The zero-order valence-electron chi connectivity index (χ0n) is 35.3. The highest BCUT2D eigenvalue weighted by molar-refractivity contribution is 7.99. The maximum absolute atomic E-state index is 2.42. The van der Waals surface area contributed by atoms with Crippen molar-refractivity contribution >= 4 is 11.8 Å². The highest BCUT2D eigenvalue weighted by atomic mass is 32.2. The van der Waals surface area contributed by atoms with Crippen molar-refractivity contribution in [1.29, 1.82) is 0 Å². The summed E-state index contributed by atoms with van der Waals surface area (Å²) in [5.41, 5.74) is 0. The first-order valence-electron chi connectivity index (χ1n) is 21.6. The summed E-state index contributed by atoms with van der Waals surface area (Å²) in [6.07, 6.45) is 27.1. The molecule has 0 radical (unpaired) electrons. The van der Waals surface area contributed by atoms with E-state index in [1.807, 2.05) is 0 Å². The Kier molecular flexibility index (Phi) is 45.2. The van der Waals surface area contributed by atoms with Gasteiger partial charge in [-0.1, -0.05) is 67.2 Å². The van der Waals surface area contributed by atoms with Crippen LogP contribution in [0.1, 0.15) is 144 Å². The van der Waals surface area contributed by atoms with Crippen LogP contribution in [0.4, 0.5) is 0 Å². The number of nitrogens with zero attached hydrogens (tertiary/aromatic N) is 7. The fourth-order valence-corrected chi connectivity index (χ4v) is 8.23. The average molecular weight is 774 g/mol. The number of piperidine rings is 3. The second-order valence-electron chi connectivity index (χ2n) is 16.5. The lowest BCUT2D eigenvalue weighted by Crippen LogP contribution is -2.28. The van der Waals surface area contributed by atoms with E-state index in [-0.39, 0.29) is 22.3 Å². The molecule has 0 N–H and O–H groups in total. The fourth-order valence-electron chi connectivity index (χ4n) is 7.14. The molecule has 0 amide bonds. The third kappa shape index (κ3) is 40.1. The molecule has 0 spiro atoms. The molecule has 53 heavy (non-hydrogen) atoms. The third-order valence-electron chi connectivity index (χ3n) is 11.0. The second kappa shape index (κ2) is 41.7. The zero-order valence-corrected chi connectivity index (χ0v) is 36.1. The molecule has 7 heterocycles. The molecule has 7 nitrogen and oxygen atoms in total. The van der Waals surface area contributed by atoms with Crippen LogP contribution >= 0.6 is 11.8 Å².